The van der Waals surface area contributed by atoms with Crippen LogP contribution < -0.4 is 10.6 Å². The highest BCUT2D eigenvalue weighted by Gasteiger charge is 2.22. The lowest BCUT2D eigenvalue weighted by atomic mass is 10.1. The third-order valence-corrected chi connectivity index (χ3v) is 4.67. The molecule has 2 N–H and O–H groups in total. The molecule has 0 aliphatic carbocycles. The molecule has 0 atom stereocenters. The summed E-state index contributed by atoms with van der Waals surface area (Å²) in [6.45, 7) is 2.38. The number of benzene rings is 1. The number of imidazole rings is 1. The molecule has 0 saturated carbocycles. The van der Waals surface area contributed by atoms with Gasteiger partial charge in [-0.05, 0) is 12.0 Å². The summed E-state index contributed by atoms with van der Waals surface area (Å²) in [5.74, 6) is 0.0908. The molecule has 26 heavy (non-hydrogen) atoms. The van der Waals surface area contributed by atoms with Gasteiger partial charge in [0, 0.05) is 25.2 Å². The first-order valence-corrected chi connectivity index (χ1v) is 8.64. The number of hydrogen-bond donors (Lipinski definition) is 1. The van der Waals surface area contributed by atoms with Crippen molar-refractivity contribution in [3.05, 3.63) is 71.7 Å². The Morgan fingerprint density at radius 3 is 2.85 bits per heavy atom. The molecule has 2 aromatic heterocycles. The van der Waals surface area contributed by atoms with E-state index in [-0.39, 0.29) is 5.69 Å². The quantitative estimate of drug-likeness (QED) is 0.756. The van der Waals surface area contributed by atoms with Gasteiger partial charge in [0.15, 0.2) is 0 Å². The first-order chi connectivity index (χ1) is 12.7. The Morgan fingerprint density at radius 1 is 1.19 bits per heavy atom. The largest absolute Gasteiger partial charge is 0.364 e. The predicted octanol–water partition coefficient (Wildman–Crippen LogP) is 1.58. The van der Waals surface area contributed by atoms with Crippen LogP contribution in [-0.2, 0) is 25.9 Å². The van der Waals surface area contributed by atoms with Crippen molar-refractivity contribution in [3.63, 3.8) is 0 Å². The summed E-state index contributed by atoms with van der Waals surface area (Å²) in [5.41, 5.74) is 9.13. The summed E-state index contributed by atoms with van der Waals surface area (Å²) < 4.78 is 2.24. The Balaban J connectivity index is 1.48. The molecule has 0 spiro atoms. The van der Waals surface area contributed by atoms with Gasteiger partial charge in [-0.2, -0.15) is 0 Å². The molecule has 1 amide bonds. The Bertz CT molecular complexity index is 921. The molecule has 4 rings (SSSR count). The van der Waals surface area contributed by atoms with E-state index in [4.69, 9.17) is 5.73 Å². The molecular weight excluding hydrogens is 328 g/mol. The fraction of sp³-hybridized carbons (Fsp3) is 0.263. The fourth-order valence-electron chi connectivity index (χ4n) is 3.28. The van der Waals surface area contributed by atoms with Crippen molar-refractivity contribution in [3.8, 4) is 0 Å². The van der Waals surface area contributed by atoms with Gasteiger partial charge >= 0.3 is 0 Å². The fourth-order valence-corrected chi connectivity index (χ4v) is 3.28. The first-order valence-electron chi connectivity index (χ1n) is 8.64. The summed E-state index contributed by atoms with van der Waals surface area (Å²) in [4.78, 5) is 26.4. The number of aryl methyl sites for hydroxylation is 2. The average Bonchev–Trinajstić information content (AvgIpc) is 3.09. The van der Waals surface area contributed by atoms with Crippen molar-refractivity contribution >= 4 is 11.7 Å². The second kappa shape index (κ2) is 6.95. The van der Waals surface area contributed by atoms with Crippen molar-refractivity contribution in [1.29, 1.82) is 0 Å². The van der Waals surface area contributed by atoms with Crippen molar-refractivity contribution < 1.29 is 4.79 Å². The molecule has 3 aromatic rings. The normalized spacial score (nSPS) is 13.5. The zero-order valence-corrected chi connectivity index (χ0v) is 14.4. The summed E-state index contributed by atoms with van der Waals surface area (Å²) in [7, 11) is 0. The van der Waals surface area contributed by atoms with Gasteiger partial charge in [0.2, 0.25) is 0 Å². The topological polar surface area (TPSA) is 89.9 Å². The number of anilines is 1. The molecule has 132 valence electrons. The molecule has 0 fully saturated rings. The molecule has 7 nitrogen and oxygen atoms in total. The minimum atomic E-state index is -0.567. The van der Waals surface area contributed by atoms with Crippen molar-refractivity contribution in [2.24, 2.45) is 5.73 Å². The number of amides is 1. The van der Waals surface area contributed by atoms with Crippen molar-refractivity contribution in [2.45, 2.75) is 25.9 Å². The molecule has 3 heterocycles. The number of aromatic nitrogens is 4. The Hall–Kier alpha value is -3.22. The van der Waals surface area contributed by atoms with Crippen LogP contribution in [0.25, 0.3) is 0 Å². The van der Waals surface area contributed by atoms with Crippen molar-refractivity contribution in [1.82, 2.24) is 19.5 Å². The maximum absolute atomic E-state index is 11.3. The van der Waals surface area contributed by atoms with Crippen LogP contribution in [0.3, 0.4) is 0 Å². The number of rotatable bonds is 5. The Kier molecular flexibility index (Phi) is 4.35. The summed E-state index contributed by atoms with van der Waals surface area (Å²) in [6, 6.07) is 10.5. The van der Waals surface area contributed by atoms with E-state index in [9.17, 15) is 4.79 Å². The molecule has 1 aliphatic heterocycles. The maximum Gasteiger partial charge on any atom is 0.268 e. The second-order valence-corrected chi connectivity index (χ2v) is 6.37. The molecule has 0 bridgehead atoms. The zero-order chi connectivity index (χ0) is 17.9. The van der Waals surface area contributed by atoms with Gasteiger partial charge in [0.05, 0.1) is 31.0 Å². The van der Waals surface area contributed by atoms with Crippen LogP contribution in [0.4, 0.5) is 5.82 Å². The smallest absolute Gasteiger partial charge is 0.268 e. The number of fused-ring (bicyclic) bond motifs is 1. The van der Waals surface area contributed by atoms with Crippen molar-refractivity contribution in [2.75, 3.05) is 11.4 Å². The van der Waals surface area contributed by atoms with Gasteiger partial charge in [-0.1, -0.05) is 30.3 Å². The van der Waals surface area contributed by atoms with Gasteiger partial charge in [0.25, 0.3) is 5.91 Å². The third kappa shape index (κ3) is 3.28. The molecule has 0 radical (unpaired) electrons. The molecule has 1 aliphatic rings. The zero-order valence-electron chi connectivity index (χ0n) is 14.4. The number of carbonyl (C=O) groups excluding carboxylic acids is 1. The van der Waals surface area contributed by atoms with E-state index in [1.807, 2.05) is 12.4 Å². The Morgan fingerprint density at radius 2 is 2.04 bits per heavy atom. The number of primary amides is 1. The van der Waals surface area contributed by atoms with Gasteiger partial charge in [-0.25, -0.2) is 9.97 Å². The number of carbonyl (C=O) groups is 1. The van der Waals surface area contributed by atoms with E-state index in [2.05, 4.69) is 48.7 Å². The van der Waals surface area contributed by atoms with E-state index >= 15 is 0 Å². The van der Waals surface area contributed by atoms with Crippen LogP contribution in [0.2, 0.25) is 0 Å². The van der Waals surface area contributed by atoms with E-state index in [0.717, 1.165) is 31.6 Å². The maximum atomic E-state index is 11.3. The minimum Gasteiger partial charge on any atom is -0.364 e. The molecular formula is C19H20N6O. The summed E-state index contributed by atoms with van der Waals surface area (Å²) in [6.07, 6.45) is 6.83. The van der Waals surface area contributed by atoms with Crippen LogP contribution in [-0.4, -0.2) is 32.0 Å². The molecule has 1 aromatic carbocycles. The van der Waals surface area contributed by atoms with Crippen LogP contribution in [0.15, 0.2) is 49.1 Å². The highest BCUT2D eigenvalue weighted by atomic mass is 16.1. The highest BCUT2D eigenvalue weighted by molar-refractivity contribution is 5.90. The minimum absolute atomic E-state index is 0.182. The van der Waals surface area contributed by atoms with Gasteiger partial charge in [-0.3, -0.25) is 9.78 Å². The van der Waals surface area contributed by atoms with E-state index < -0.39 is 5.91 Å². The molecule has 0 saturated heterocycles. The summed E-state index contributed by atoms with van der Waals surface area (Å²) >= 11 is 0. The second-order valence-electron chi connectivity index (χ2n) is 6.37. The van der Waals surface area contributed by atoms with Gasteiger partial charge in [-0.15, -0.1) is 0 Å². The van der Waals surface area contributed by atoms with Gasteiger partial charge in [0.1, 0.15) is 11.5 Å². The van der Waals surface area contributed by atoms with E-state index in [0.29, 0.717) is 12.4 Å². The standard InChI is InChI=1S/C19H20N6O/c20-19(26)15-10-21-11-18(23-15)24-9-7-17-16(12-24)22-13-25(17)8-6-14-4-2-1-3-5-14/h1-5,10-11,13H,6-9,12H2,(H2,20,26). The van der Waals surface area contributed by atoms with Crippen LogP contribution in [0.1, 0.15) is 27.4 Å². The number of nitrogens with two attached hydrogens (primary N) is 1. The lowest BCUT2D eigenvalue weighted by Crippen LogP contribution is -2.32. The predicted molar refractivity (Wildman–Crippen MR) is 97.7 cm³/mol. The van der Waals surface area contributed by atoms with Crippen LogP contribution in [0.5, 0.6) is 0 Å². The average molecular weight is 348 g/mol. The Labute approximate surface area is 151 Å². The lowest BCUT2D eigenvalue weighted by molar-refractivity contribution is 0.0995. The SMILES string of the molecule is NC(=O)c1cncc(N2CCc3c(ncn3CCc3ccccc3)C2)n1. The van der Waals surface area contributed by atoms with Crippen LogP contribution >= 0.6 is 0 Å². The van der Waals surface area contributed by atoms with E-state index in [1.165, 1.54) is 17.5 Å². The lowest BCUT2D eigenvalue weighted by Gasteiger charge is -2.28. The van der Waals surface area contributed by atoms with Gasteiger partial charge < -0.3 is 15.2 Å². The highest BCUT2D eigenvalue weighted by Crippen LogP contribution is 2.22. The first kappa shape index (κ1) is 16.3. The molecule has 7 heteroatoms. The third-order valence-electron chi connectivity index (χ3n) is 4.67. The summed E-state index contributed by atoms with van der Waals surface area (Å²) in [5, 5.41) is 0. The number of hydrogen-bond acceptors (Lipinski definition) is 5. The van der Waals surface area contributed by atoms with E-state index in [1.54, 1.807) is 6.20 Å². The number of nitrogens with zero attached hydrogens (tertiary/aromatic N) is 5. The monoisotopic (exact) mass is 348 g/mol. The molecule has 0 unspecified atom stereocenters. The van der Waals surface area contributed by atoms with Crippen LogP contribution in [0, 0.1) is 0 Å².